The van der Waals surface area contributed by atoms with Crippen molar-refractivity contribution < 1.29 is 28.3 Å². The van der Waals surface area contributed by atoms with Crippen molar-refractivity contribution in [1.82, 2.24) is 15.1 Å². The highest BCUT2D eigenvalue weighted by Crippen LogP contribution is 2.36. The quantitative estimate of drug-likeness (QED) is 0.448. The number of imide groups is 1. The molecule has 2 atom stereocenters. The van der Waals surface area contributed by atoms with Crippen molar-refractivity contribution in [1.29, 1.82) is 0 Å². The van der Waals surface area contributed by atoms with Gasteiger partial charge in [-0.3, -0.25) is 14.6 Å². The highest BCUT2D eigenvalue weighted by Gasteiger charge is 2.55. The van der Waals surface area contributed by atoms with Crippen LogP contribution in [0.4, 0.5) is 5.69 Å². The number of rotatable bonds is 8. The number of hydrogen-bond acceptors (Lipinski definition) is 11. The average Bonchev–Trinajstić information content (AvgIpc) is 3.57. The first-order valence-corrected chi connectivity index (χ1v) is 10.9. The van der Waals surface area contributed by atoms with Crippen LogP contribution in [0.1, 0.15) is 12.8 Å². The monoisotopic (exact) mass is 478 g/mol. The van der Waals surface area contributed by atoms with Crippen LogP contribution in [-0.4, -0.2) is 59.9 Å². The molecule has 5 rings (SSSR count). The maximum atomic E-state index is 13.3. The number of carbonyl (C=O) groups is 2. The number of amides is 2. The van der Waals surface area contributed by atoms with Gasteiger partial charge in [0.2, 0.25) is 11.7 Å². The minimum atomic E-state index is -0.972. The standard InChI is InChI=1S/C23H22N6O6/c1-4-34-17-8-6-5-7-16(17)21-24-18(35-26-21)12-28-20-19(25-27-28)22(30)29(23(20)31)13-9-14(32-2)11-15(10-13)33-3/h5-11,19-20H,4,12H2,1-3H3/t19-,20+/m1/s1. The van der Waals surface area contributed by atoms with Crippen molar-refractivity contribution in [3.63, 3.8) is 0 Å². The van der Waals surface area contributed by atoms with E-state index in [9.17, 15) is 9.59 Å². The summed E-state index contributed by atoms with van der Waals surface area (Å²) < 4.78 is 21.6. The summed E-state index contributed by atoms with van der Waals surface area (Å²) in [4.78, 5) is 31.9. The fraction of sp³-hybridized carbons (Fsp3) is 0.304. The summed E-state index contributed by atoms with van der Waals surface area (Å²) in [5, 5.41) is 13.5. The highest BCUT2D eigenvalue weighted by molar-refractivity contribution is 6.25. The summed E-state index contributed by atoms with van der Waals surface area (Å²) >= 11 is 0. The third-order valence-corrected chi connectivity index (χ3v) is 5.65. The van der Waals surface area contributed by atoms with Gasteiger partial charge >= 0.3 is 0 Å². The third kappa shape index (κ3) is 3.92. The van der Waals surface area contributed by atoms with Gasteiger partial charge in [0.1, 0.15) is 23.8 Å². The average molecular weight is 478 g/mol. The lowest BCUT2D eigenvalue weighted by Gasteiger charge is -2.20. The van der Waals surface area contributed by atoms with Gasteiger partial charge in [-0.25, -0.2) is 4.90 Å². The molecule has 0 bridgehead atoms. The van der Waals surface area contributed by atoms with Crippen LogP contribution in [0.2, 0.25) is 0 Å². The van der Waals surface area contributed by atoms with Gasteiger partial charge in [0, 0.05) is 18.2 Å². The Balaban J connectivity index is 1.37. The Morgan fingerprint density at radius 3 is 2.49 bits per heavy atom. The number of fused-ring (bicyclic) bond motifs is 1. The van der Waals surface area contributed by atoms with Gasteiger partial charge in [0.05, 0.1) is 32.1 Å². The second-order valence-corrected chi connectivity index (χ2v) is 7.72. The van der Waals surface area contributed by atoms with Gasteiger partial charge in [0.15, 0.2) is 12.1 Å². The molecule has 2 aromatic carbocycles. The molecule has 0 spiro atoms. The predicted octanol–water partition coefficient (Wildman–Crippen LogP) is 2.65. The van der Waals surface area contributed by atoms with Crippen molar-refractivity contribution >= 4 is 17.5 Å². The fourth-order valence-electron chi connectivity index (χ4n) is 4.03. The highest BCUT2D eigenvalue weighted by atomic mass is 16.5. The molecule has 12 heteroatoms. The SMILES string of the molecule is CCOc1ccccc1-c1noc(CN2N=N[C@H]3C(=O)N(c4cc(OC)cc(OC)c4)C(=O)[C@H]32)n1. The van der Waals surface area contributed by atoms with Crippen molar-refractivity contribution in [2.24, 2.45) is 10.3 Å². The van der Waals surface area contributed by atoms with E-state index in [4.69, 9.17) is 18.7 Å². The number of nitrogens with zero attached hydrogens (tertiary/aromatic N) is 6. The molecule has 0 aliphatic carbocycles. The molecule has 3 aromatic rings. The van der Waals surface area contributed by atoms with Gasteiger partial charge in [0.25, 0.3) is 11.8 Å². The molecule has 0 saturated carbocycles. The second kappa shape index (κ2) is 9.05. The number of para-hydroxylation sites is 1. The van der Waals surface area contributed by atoms with Crippen LogP contribution in [-0.2, 0) is 16.1 Å². The topological polar surface area (TPSA) is 132 Å². The van der Waals surface area contributed by atoms with Crippen LogP contribution >= 0.6 is 0 Å². The largest absolute Gasteiger partial charge is 0.497 e. The fourth-order valence-corrected chi connectivity index (χ4v) is 4.03. The summed E-state index contributed by atoms with van der Waals surface area (Å²) in [6, 6.07) is 10.3. The Hall–Kier alpha value is -4.48. The van der Waals surface area contributed by atoms with Crippen LogP contribution in [0.3, 0.4) is 0 Å². The van der Waals surface area contributed by atoms with Crippen LogP contribution in [0.15, 0.2) is 57.3 Å². The van der Waals surface area contributed by atoms with E-state index in [2.05, 4.69) is 20.5 Å². The Morgan fingerprint density at radius 2 is 1.77 bits per heavy atom. The zero-order valence-electron chi connectivity index (χ0n) is 19.2. The lowest BCUT2D eigenvalue weighted by Crippen LogP contribution is -2.39. The van der Waals surface area contributed by atoms with Crippen LogP contribution in [0.25, 0.3) is 11.4 Å². The van der Waals surface area contributed by atoms with E-state index in [-0.39, 0.29) is 12.4 Å². The van der Waals surface area contributed by atoms with Gasteiger partial charge in [-0.05, 0) is 19.1 Å². The van der Waals surface area contributed by atoms with Gasteiger partial charge in [-0.15, -0.1) is 0 Å². The smallest absolute Gasteiger partial charge is 0.263 e. The molecular formula is C23H22N6O6. The lowest BCUT2D eigenvalue weighted by molar-refractivity contribution is -0.123. The molecule has 180 valence electrons. The minimum Gasteiger partial charge on any atom is -0.497 e. The van der Waals surface area contributed by atoms with E-state index >= 15 is 0 Å². The van der Waals surface area contributed by atoms with E-state index in [1.54, 1.807) is 18.2 Å². The van der Waals surface area contributed by atoms with E-state index in [0.717, 1.165) is 4.90 Å². The second-order valence-electron chi connectivity index (χ2n) is 7.72. The van der Waals surface area contributed by atoms with Gasteiger partial charge in [-0.2, -0.15) is 10.1 Å². The molecule has 3 heterocycles. The van der Waals surface area contributed by atoms with Crippen LogP contribution in [0.5, 0.6) is 17.2 Å². The predicted molar refractivity (Wildman–Crippen MR) is 121 cm³/mol. The van der Waals surface area contributed by atoms with Crippen molar-refractivity contribution in [3.05, 3.63) is 48.4 Å². The number of carbonyl (C=O) groups excluding carboxylic acids is 2. The third-order valence-electron chi connectivity index (χ3n) is 5.65. The van der Waals surface area contributed by atoms with E-state index in [1.807, 2.05) is 31.2 Å². The Kier molecular flexibility index (Phi) is 5.77. The molecule has 0 unspecified atom stereocenters. The zero-order chi connectivity index (χ0) is 24.5. The van der Waals surface area contributed by atoms with E-state index in [1.165, 1.54) is 19.2 Å². The zero-order valence-corrected chi connectivity index (χ0v) is 19.2. The Labute approximate surface area is 200 Å². The number of hydrogen-bond donors (Lipinski definition) is 0. The number of methoxy groups -OCH3 is 2. The lowest BCUT2D eigenvalue weighted by atomic mass is 10.1. The molecule has 0 N–H and O–H groups in total. The maximum Gasteiger partial charge on any atom is 0.263 e. The van der Waals surface area contributed by atoms with E-state index in [0.29, 0.717) is 40.9 Å². The first kappa shape index (κ1) is 22.3. The van der Waals surface area contributed by atoms with E-state index < -0.39 is 23.9 Å². The van der Waals surface area contributed by atoms with Gasteiger partial charge in [-0.1, -0.05) is 22.5 Å². The Morgan fingerprint density at radius 1 is 1.03 bits per heavy atom. The summed E-state index contributed by atoms with van der Waals surface area (Å²) in [6.45, 7) is 2.38. The molecule has 0 radical (unpaired) electrons. The molecule has 1 fully saturated rings. The number of benzene rings is 2. The Bertz CT molecular complexity index is 1280. The van der Waals surface area contributed by atoms with Crippen molar-refractivity contribution in [3.8, 4) is 28.6 Å². The molecule has 1 aromatic heterocycles. The van der Waals surface area contributed by atoms with Crippen LogP contribution < -0.4 is 19.1 Å². The molecule has 12 nitrogen and oxygen atoms in total. The molecule has 2 amide bonds. The molecule has 35 heavy (non-hydrogen) atoms. The molecule has 2 aliphatic heterocycles. The summed E-state index contributed by atoms with van der Waals surface area (Å²) in [6.07, 6.45) is 0. The minimum absolute atomic E-state index is 0.00274. The van der Waals surface area contributed by atoms with Crippen molar-refractivity contribution in [2.45, 2.75) is 25.6 Å². The molecule has 1 saturated heterocycles. The molecule has 2 aliphatic rings. The van der Waals surface area contributed by atoms with Gasteiger partial charge < -0.3 is 18.7 Å². The summed E-state index contributed by atoms with van der Waals surface area (Å²) in [5.74, 6) is 1.12. The number of anilines is 1. The maximum absolute atomic E-state index is 13.3. The normalized spacial score (nSPS) is 18.8. The number of aromatic nitrogens is 2. The van der Waals surface area contributed by atoms with Crippen LogP contribution in [0, 0.1) is 0 Å². The summed E-state index contributed by atoms with van der Waals surface area (Å²) in [5.41, 5.74) is 1.00. The first-order valence-electron chi connectivity index (χ1n) is 10.9. The summed E-state index contributed by atoms with van der Waals surface area (Å²) in [7, 11) is 2.98. The number of ether oxygens (including phenoxy) is 3. The van der Waals surface area contributed by atoms with Crippen molar-refractivity contribution in [2.75, 3.05) is 25.7 Å². The molecular weight excluding hydrogens is 456 g/mol. The first-order chi connectivity index (χ1) is 17.0.